The lowest BCUT2D eigenvalue weighted by Gasteiger charge is -2.37. The molecular weight excluding hydrogens is 224 g/mol. The van der Waals surface area contributed by atoms with Gasteiger partial charge in [-0.2, -0.15) is 0 Å². The summed E-state index contributed by atoms with van der Waals surface area (Å²) in [6.45, 7) is 5.35. The van der Waals surface area contributed by atoms with Crippen LogP contribution in [-0.4, -0.2) is 36.7 Å². The highest BCUT2D eigenvalue weighted by Crippen LogP contribution is 2.34. The minimum absolute atomic E-state index is 0.392. The highest BCUT2D eigenvalue weighted by molar-refractivity contribution is 5.39. The van der Waals surface area contributed by atoms with Crippen LogP contribution in [0.15, 0.2) is 24.3 Å². The van der Waals surface area contributed by atoms with Gasteiger partial charge in [0.15, 0.2) is 0 Å². The second kappa shape index (κ2) is 4.90. The molecule has 0 amide bonds. The minimum Gasteiger partial charge on any atom is -0.493 e. The highest BCUT2D eigenvalue weighted by Gasteiger charge is 2.29. The van der Waals surface area contributed by atoms with Gasteiger partial charge in [-0.05, 0) is 32.4 Å². The summed E-state index contributed by atoms with van der Waals surface area (Å²) in [5.41, 5.74) is 7.40. The molecule has 3 nitrogen and oxygen atoms in total. The maximum atomic E-state index is 6.02. The largest absolute Gasteiger partial charge is 0.493 e. The van der Waals surface area contributed by atoms with Crippen LogP contribution in [0.4, 0.5) is 0 Å². The molecule has 3 rings (SSSR count). The lowest BCUT2D eigenvalue weighted by molar-refractivity contribution is 0.133. The van der Waals surface area contributed by atoms with Crippen molar-refractivity contribution in [1.82, 2.24) is 4.90 Å². The fraction of sp³-hybridized carbons (Fsp3) is 0.600. The molecule has 2 aliphatic heterocycles. The van der Waals surface area contributed by atoms with Crippen LogP contribution in [-0.2, 0) is 0 Å². The van der Waals surface area contributed by atoms with Crippen LogP contribution in [0, 0.1) is 0 Å². The molecule has 0 aliphatic carbocycles. The number of nitrogens with two attached hydrogens (primary N) is 1. The predicted molar refractivity (Wildman–Crippen MR) is 72.9 cm³/mol. The van der Waals surface area contributed by atoms with Crippen LogP contribution >= 0.6 is 0 Å². The molecule has 0 bridgehead atoms. The molecule has 3 atom stereocenters. The number of rotatable bonds is 2. The first-order chi connectivity index (χ1) is 8.74. The van der Waals surface area contributed by atoms with Crippen molar-refractivity contribution in [3.8, 4) is 5.75 Å². The summed E-state index contributed by atoms with van der Waals surface area (Å²) in [4.78, 5) is 2.57. The van der Waals surface area contributed by atoms with Gasteiger partial charge in [0.1, 0.15) is 5.75 Å². The zero-order chi connectivity index (χ0) is 12.5. The normalized spacial score (nSPS) is 32.0. The monoisotopic (exact) mass is 246 g/mol. The Morgan fingerprint density at radius 2 is 2.22 bits per heavy atom. The van der Waals surface area contributed by atoms with Crippen molar-refractivity contribution in [2.24, 2.45) is 5.73 Å². The number of likely N-dealkylation sites (tertiary alicyclic amines) is 1. The Bertz CT molecular complexity index is 421. The van der Waals surface area contributed by atoms with Crippen molar-refractivity contribution in [3.63, 3.8) is 0 Å². The van der Waals surface area contributed by atoms with Gasteiger partial charge in [0.25, 0.3) is 0 Å². The number of hydrogen-bond acceptors (Lipinski definition) is 3. The molecule has 0 aromatic heterocycles. The third-order valence-corrected chi connectivity index (χ3v) is 4.31. The van der Waals surface area contributed by atoms with E-state index in [1.165, 1.54) is 5.56 Å². The van der Waals surface area contributed by atoms with E-state index in [-0.39, 0.29) is 0 Å². The van der Waals surface area contributed by atoms with Gasteiger partial charge < -0.3 is 10.5 Å². The lowest BCUT2D eigenvalue weighted by Crippen LogP contribution is -2.47. The summed E-state index contributed by atoms with van der Waals surface area (Å²) in [6.07, 6.45) is 2.24. The molecular formula is C15H22N2O. The molecule has 0 spiro atoms. The summed E-state index contributed by atoms with van der Waals surface area (Å²) in [5.74, 6) is 1.60. The smallest absolute Gasteiger partial charge is 0.122 e. The average molecular weight is 246 g/mol. The van der Waals surface area contributed by atoms with Gasteiger partial charge in [-0.3, -0.25) is 4.90 Å². The minimum atomic E-state index is 0.392. The molecule has 2 aliphatic rings. The van der Waals surface area contributed by atoms with Crippen LogP contribution in [0.25, 0.3) is 0 Å². The zero-order valence-electron chi connectivity index (χ0n) is 11.0. The van der Waals surface area contributed by atoms with Crippen LogP contribution < -0.4 is 10.5 Å². The number of benzene rings is 1. The molecule has 3 unspecified atom stereocenters. The predicted octanol–water partition coefficient (Wildman–Crippen LogP) is 1.97. The number of hydrogen-bond donors (Lipinski definition) is 1. The summed E-state index contributed by atoms with van der Waals surface area (Å²) >= 11 is 0. The Morgan fingerprint density at radius 1 is 1.39 bits per heavy atom. The third kappa shape index (κ3) is 2.25. The topological polar surface area (TPSA) is 38.5 Å². The number of para-hydroxylation sites is 1. The molecule has 3 heteroatoms. The maximum absolute atomic E-state index is 6.02. The first kappa shape index (κ1) is 12.0. The van der Waals surface area contributed by atoms with Crippen molar-refractivity contribution in [1.29, 1.82) is 0 Å². The summed E-state index contributed by atoms with van der Waals surface area (Å²) in [7, 11) is 0. The van der Waals surface area contributed by atoms with Gasteiger partial charge >= 0.3 is 0 Å². The van der Waals surface area contributed by atoms with Crippen LogP contribution in [0.5, 0.6) is 5.75 Å². The van der Waals surface area contributed by atoms with Crippen molar-refractivity contribution < 1.29 is 4.74 Å². The first-order valence-corrected chi connectivity index (χ1v) is 6.95. The van der Waals surface area contributed by atoms with Crippen LogP contribution in [0.1, 0.15) is 31.2 Å². The number of ether oxygens (including phenoxy) is 1. The molecule has 0 radical (unpaired) electrons. The van der Waals surface area contributed by atoms with E-state index in [1.807, 2.05) is 6.07 Å². The molecule has 1 aromatic carbocycles. The Labute approximate surface area is 109 Å². The Kier molecular flexibility index (Phi) is 3.27. The van der Waals surface area contributed by atoms with Gasteiger partial charge in [0.05, 0.1) is 6.61 Å². The Morgan fingerprint density at radius 3 is 3.06 bits per heavy atom. The fourth-order valence-corrected chi connectivity index (χ4v) is 3.19. The molecule has 1 aromatic rings. The Balaban J connectivity index is 1.68. The van der Waals surface area contributed by atoms with Crippen molar-refractivity contribution in [2.45, 2.75) is 37.8 Å². The first-order valence-electron chi connectivity index (χ1n) is 6.95. The molecule has 1 saturated heterocycles. The second-order valence-corrected chi connectivity index (χ2v) is 5.67. The SMILES string of the molecule is CC1CC(N)CCN1CC1COc2ccccc21. The van der Waals surface area contributed by atoms with Gasteiger partial charge in [0, 0.05) is 30.1 Å². The molecule has 2 heterocycles. The van der Waals surface area contributed by atoms with Crippen LogP contribution in [0.2, 0.25) is 0 Å². The second-order valence-electron chi connectivity index (χ2n) is 5.67. The van der Waals surface area contributed by atoms with Crippen LogP contribution in [0.3, 0.4) is 0 Å². The lowest BCUT2D eigenvalue weighted by atomic mass is 9.95. The highest BCUT2D eigenvalue weighted by atomic mass is 16.5. The molecule has 18 heavy (non-hydrogen) atoms. The van der Waals surface area contributed by atoms with E-state index in [0.717, 1.165) is 38.3 Å². The fourth-order valence-electron chi connectivity index (χ4n) is 3.19. The maximum Gasteiger partial charge on any atom is 0.122 e. The molecule has 1 fully saturated rings. The molecule has 2 N–H and O–H groups in total. The average Bonchev–Trinajstić information content (AvgIpc) is 2.76. The molecule has 98 valence electrons. The summed E-state index contributed by atoms with van der Waals surface area (Å²) < 4.78 is 5.76. The van der Waals surface area contributed by atoms with Gasteiger partial charge in [-0.1, -0.05) is 18.2 Å². The van der Waals surface area contributed by atoms with E-state index >= 15 is 0 Å². The standard InChI is InChI=1S/C15H22N2O/c1-11-8-13(16)6-7-17(11)9-12-10-18-15-5-3-2-4-14(12)15/h2-5,11-13H,6-10,16H2,1H3. The van der Waals surface area contributed by atoms with Crippen molar-refractivity contribution >= 4 is 0 Å². The summed E-state index contributed by atoms with van der Waals surface area (Å²) in [6, 6.07) is 9.42. The number of nitrogens with zero attached hydrogens (tertiary/aromatic N) is 1. The number of fused-ring (bicyclic) bond motifs is 1. The van der Waals surface area contributed by atoms with Gasteiger partial charge in [-0.25, -0.2) is 0 Å². The van der Waals surface area contributed by atoms with E-state index in [9.17, 15) is 0 Å². The van der Waals surface area contributed by atoms with E-state index in [0.29, 0.717) is 18.0 Å². The third-order valence-electron chi connectivity index (χ3n) is 4.31. The van der Waals surface area contributed by atoms with E-state index in [2.05, 4.69) is 30.0 Å². The Hall–Kier alpha value is -1.06. The van der Waals surface area contributed by atoms with E-state index in [4.69, 9.17) is 10.5 Å². The number of piperidine rings is 1. The van der Waals surface area contributed by atoms with Gasteiger partial charge in [-0.15, -0.1) is 0 Å². The zero-order valence-corrected chi connectivity index (χ0v) is 11.0. The summed E-state index contributed by atoms with van der Waals surface area (Å²) in [5, 5.41) is 0. The van der Waals surface area contributed by atoms with Crippen molar-refractivity contribution in [2.75, 3.05) is 19.7 Å². The van der Waals surface area contributed by atoms with E-state index in [1.54, 1.807) is 0 Å². The molecule has 0 saturated carbocycles. The quantitative estimate of drug-likeness (QED) is 0.867. The van der Waals surface area contributed by atoms with E-state index < -0.39 is 0 Å². The van der Waals surface area contributed by atoms with Gasteiger partial charge in [0.2, 0.25) is 0 Å². The van der Waals surface area contributed by atoms with Crippen molar-refractivity contribution in [3.05, 3.63) is 29.8 Å².